The van der Waals surface area contributed by atoms with E-state index in [1.807, 2.05) is 60.0 Å². The average molecular weight is 417 g/mol. The van der Waals surface area contributed by atoms with Crippen LogP contribution in [0.25, 0.3) is 16.9 Å². The Bertz CT molecular complexity index is 1250. The molecule has 0 aliphatic rings. The first-order valence-electron chi connectivity index (χ1n) is 9.70. The number of benzene rings is 2. The standard InChI is InChI=1S/C24H23N3O4/c1-15-5-12-21-26-22(16-6-8-17(9-7-16)24(28)31-4)23(27(21)14-15)25-18-10-11-19(29-2)20(13-18)30-3/h5-14,25H,1-4H3. The summed E-state index contributed by atoms with van der Waals surface area (Å²) in [6.45, 7) is 2.03. The average Bonchev–Trinajstić information content (AvgIpc) is 3.15. The van der Waals surface area contributed by atoms with Crippen LogP contribution in [0.2, 0.25) is 0 Å². The second-order valence-electron chi connectivity index (χ2n) is 7.01. The van der Waals surface area contributed by atoms with Gasteiger partial charge in [0.15, 0.2) is 11.5 Å². The highest BCUT2D eigenvalue weighted by atomic mass is 16.5. The lowest BCUT2D eigenvalue weighted by Crippen LogP contribution is -2.01. The SMILES string of the molecule is COC(=O)c1ccc(-c2nc3ccc(C)cn3c2Nc2ccc(OC)c(OC)c2)cc1. The Morgan fingerprint density at radius 1 is 0.935 bits per heavy atom. The lowest BCUT2D eigenvalue weighted by molar-refractivity contribution is 0.0600. The van der Waals surface area contributed by atoms with Crippen molar-refractivity contribution < 1.29 is 19.0 Å². The van der Waals surface area contributed by atoms with Gasteiger partial charge in [-0.25, -0.2) is 9.78 Å². The van der Waals surface area contributed by atoms with E-state index >= 15 is 0 Å². The molecule has 0 aliphatic carbocycles. The molecule has 0 atom stereocenters. The molecule has 0 fully saturated rings. The fraction of sp³-hybridized carbons (Fsp3) is 0.167. The number of aromatic nitrogens is 2. The fourth-order valence-electron chi connectivity index (χ4n) is 3.40. The minimum Gasteiger partial charge on any atom is -0.493 e. The van der Waals surface area contributed by atoms with Crippen LogP contribution < -0.4 is 14.8 Å². The van der Waals surface area contributed by atoms with Gasteiger partial charge < -0.3 is 19.5 Å². The van der Waals surface area contributed by atoms with Gasteiger partial charge in [0.05, 0.1) is 26.9 Å². The quantitative estimate of drug-likeness (QED) is 0.452. The van der Waals surface area contributed by atoms with Crippen molar-refractivity contribution in [2.45, 2.75) is 6.92 Å². The summed E-state index contributed by atoms with van der Waals surface area (Å²) in [6, 6.07) is 16.8. The normalized spacial score (nSPS) is 10.7. The van der Waals surface area contributed by atoms with Gasteiger partial charge in [-0.2, -0.15) is 0 Å². The van der Waals surface area contributed by atoms with Crippen molar-refractivity contribution in [3.63, 3.8) is 0 Å². The highest BCUT2D eigenvalue weighted by molar-refractivity contribution is 5.90. The van der Waals surface area contributed by atoms with Gasteiger partial charge in [0, 0.05) is 23.5 Å². The van der Waals surface area contributed by atoms with E-state index in [4.69, 9.17) is 19.2 Å². The lowest BCUT2D eigenvalue weighted by atomic mass is 10.1. The molecule has 4 aromatic rings. The van der Waals surface area contributed by atoms with E-state index in [1.54, 1.807) is 26.4 Å². The number of pyridine rings is 1. The molecule has 2 aromatic carbocycles. The number of imidazole rings is 1. The molecule has 2 heterocycles. The number of aryl methyl sites for hydroxylation is 1. The topological polar surface area (TPSA) is 74.1 Å². The zero-order valence-corrected chi connectivity index (χ0v) is 17.8. The molecule has 7 heteroatoms. The highest BCUT2D eigenvalue weighted by Gasteiger charge is 2.16. The molecule has 0 spiro atoms. The molecular weight excluding hydrogens is 394 g/mol. The van der Waals surface area contributed by atoms with Gasteiger partial charge in [-0.3, -0.25) is 4.40 Å². The van der Waals surface area contributed by atoms with E-state index in [-0.39, 0.29) is 5.97 Å². The second kappa shape index (κ2) is 8.39. The van der Waals surface area contributed by atoms with Crippen LogP contribution in [-0.4, -0.2) is 36.7 Å². The first-order valence-corrected chi connectivity index (χ1v) is 9.70. The van der Waals surface area contributed by atoms with Gasteiger partial charge in [-0.05, 0) is 42.8 Å². The number of carbonyl (C=O) groups is 1. The van der Waals surface area contributed by atoms with Gasteiger partial charge in [-0.15, -0.1) is 0 Å². The van der Waals surface area contributed by atoms with Crippen molar-refractivity contribution in [1.29, 1.82) is 0 Å². The van der Waals surface area contributed by atoms with Crippen LogP contribution in [0.4, 0.5) is 11.5 Å². The fourth-order valence-corrected chi connectivity index (χ4v) is 3.40. The molecule has 0 unspecified atom stereocenters. The number of hydrogen-bond donors (Lipinski definition) is 1. The summed E-state index contributed by atoms with van der Waals surface area (Å²) in [6.07, 6.45) is 2.03. The first-order chi connectivity index (χ1) is 15.0. The Hall–Kier alpha value is -4.00. The highest BCUT2D eigenvalue weighted by Crippen LogP contribution is 2.35. The Kier molecular flexibility index (Phi) is 5.49. The monoisotopic (exact) mass is 417 g/mol. The molecule has 7 nitrogen and oxygen atoms in total. The molecule has 0 saturated heterocycles. The number of nitrogens with zero attached hydrogens (tertiary/aromatic N) is 2. The third-order valence-electron chi connectivity index (χ3n) is 4.99. The summed E-state index contributed by atoms with van der Waals surface area (Å²) >= 11 is 0. The van der Waals surface area contributed by atoms with Gasteiger partial charge >= 0.3 is 5.97 Å². The van der Waals surface area contributed by atoms with E-state index in [2.05, 4.69) is 5.32 Å². The Balaban J connectivity index is 1.82. The molecule has 158 valence electrons. The van der Waals surface area contributed by atoms with Gasteiger partial charge in [0.25, 0.3) is 0 Å². The molecule has 0 aliphatic heterocycles. The number of fused-ring (bicyclic) bond motifs is 1. The second-order valence-corrected chi connectivity index (χ2v) is 7.01. The van der Waals surface area contributed by atoms with Gasteiger partial charge in [0.1, 0.15) is 17.2 Å². The van der Waals surface area contributed by atoms with Crippen LogP contribution in [0.15, 0.2) is 60.8 Å². The minimum atomic E-state index is -0.374. The van der Waals surface area contributed by atoms with E-state index in [0.29, 0.717) is 17.1 Å². The largest absolute Gasteiger partial charge is 0.493 e. The molecule has 2 aromatic heterocycles. The van der Waals surface area contributed by atoms with Crippen molar-refractivity contribution in [2.75, 3.05) is 26.6 Å². The van der Waals surface area contributed by atoms with E-state index in [1.165, 1.54) is 7.11 Å². The maximum absolute atomic E-state index is 11.8. The van der Waals surface area contributed by atoms with Crippen LogP contribution in [0, 0.1) is 6.92 Å². The Labute approximate surface area is 180 Å². The maximum Gasteiger partial charge on any atom is 0.337 e. The van der Waals surface area contributed by atoms with Crippen molar-refractivity contribution >= 4 is 23.1 Å². The van der Waals surface area contributed by atoms with Crippen molar-refractivity contribution in [3.8, 4) is 22.8 Å². The van der Waals surface area contributed by atoms with E-state index < -0.39 is 0 Å². The van der Waals surface area contributed by atoms with E-state index in [9.17, 15) is 4.79 Å². The first kappa shape index (κ1) is 20.3. The van der Waals surface area contributed by atoms with E-state index in [0.717, 1.165) is 34.0 Å². The zero-order chi connectivity index (χ0) is 22.0. The van der Waals surface area contributed by atoms with Crippen LogP contribution in [0.1, 0.15) is 15.9 Å². The summed E-state index contributed by atoms with van der Waals surface area (Å²) < 4.78 is 17.6. The number of nitrogens with one attached hydrogen (secondary N) is 1. The summed E-state index contributed by atoms with van der Waals surface area (Å²) in [4.78, 5) is 16.6. The Morgan fingerprint density at radius 2 is 1.68 bits per heavy atom. The molecule has 1 N–H and O–H groups in total. The molecule has 0 radical (unpaired) electrons. The van der Waals surface area contributed by atoms with Gasteiger partial charge in [0.2, 0.25) is 0 Å². The molecule has 4 rings (SSSR count). The number of carbonyl (C=O) groups excluding carboxylic acids is 1. The minimum absolute atomic E-state index is 0.374. The number of esters is 1. The zero-order valence-electron chi connectivity index (χ0n) is 17.8. The van der Waals surface area contributed by atoms with Crippen molar-refractivity contribution in [2.24, 2.45) is 0 Å². The molecule has 0 amide bonds. The predicted molar refractivity (Wildman–Crippen MR) is 120 cm³/mol. The number of hydrogen-bond acceptors (Lipinski definition) is 6. The Morgan fingerprint density at radius 3 is 2.35 bits per heavy atom. The lowest BCUT2D eigenvalue weighted by Gasteiger charge is -2.13. The van der Waals surface area contributed by atoms with Gasteiger partial charge in [-0.1, -0.05) is 18.2 Å². The van der Waals surface area contributed by atoms with Crippen LogP contribution in [0.3, 0.4) is 0 Å². The summed E-state index contributed by atoms with van der Waals surface area (Å²) in [5.41, 5.74) is 4.86. The number of anilines is 2. The third-order valence-corrected chi connectivity index (χ3v) is 4.99. The number of ether oxygens (including phenoxy) is 3. The predicted octanol–water partition coefficient (Wildman–Crippen LogP) is 4.86. The van der Waals surface area contributed by atoms with Crippen LogP contribution in [-0.2, 0) is 4.74 Å². The maximum atomic E-state index is 11.8. The molecule has 0 bridgehead atoms. The van der Waals surface area contributed by atoms with Crippen LogP contribution >= 0.6 is 0 Å². The van der Waals surface area contributed by atoms with Crippen LogP contribution in [0.5, 0.6) is 11.5 Å². The number of rotatable bonds is 6. The molecule has 0 saturated carbocycles. The third kappa shape index (κ3) is 3.90. The smallest absolute Gasteiger partial charge is 0.337 e. The number of methoxy groups -OCH3 is 3. The summed E-state index contributed by atoms with van der Waals surface area (Å²) in [5.74, 6) is 1.71. The summed E-state index contributed by atoms with van der Waals surface area (Å²) in [5, 5.41) is 3.47. The van der Waals surface area contributed by atoms with Crippen molar-refractivity contribution in [3.05, 3.63) is 71.9 Å². The molecule has 31 heavy (non-hydrogen) atoms. The molecular formula is C24H23N3O4. The van der Waals surface area contributed by atoms with Crippen molar-refractivity contribution in [1.82, 2.24) is 9.38 Å². The summed E-state index contributed by atoms with van der Waals surface area (Å²) in [7, 11) is 4.58.